The van der Waals surface area contributed by atoms with E-state index in [1.54, 1.807) is 0 Å². The Morgan fingerprint density at radius 1 is 1.28 bits per heavy atom. The number of rotatable bonds is 6. The van der Waals surface area contributed by atoms with E-state index in [1.807, 2.05) is 20.8 Å². The Balaban J connectivity index is 2.07. The summed E-state index contributed by atoms with van der Waals surface area (Å²) in [5.74, 6) is -2.17. The second kappa shape index (κ2) is 5.66. The minimum absolute atomic E-state index is 0.0541. The molecule has 2 heterocycles. The average molecular weight is 360 g/mol. The largest absolute Gasteiger partial charge is 0.365 e. The van der Waals surface area contributed by atoms with Crippen LogP contribution in [0.3, 0.4) is 0 Å². The fraction of sp³-hybridized carbons (Fsp3) is 1.00. The van der Waals surface area contributed by atoms with Crippen LogP contribution < -0.4 is 0 Å². The van der Waals surface area contributed by atoms with Crippen LogP contribution in [-0.2, 0) is 14.4 Å². The molecule has 2 bridgehead atoms. The van der Waals surface area contributed by atoms with Gasteiger partial charge in [-0.3, -0.25) is 0 Å². The molecule has 2 saturated heterocycles. The van der Waals surface area contributed by atoms with Gasteiger partial charge >= 0.3 is 0 Å². The fourth-order valence-electron chi connectivity index (χ4n) is 5.48. The number of fused-ring (bicyclic) bond motifs is 1. The molecule has 3 fully saturated rings. The molecule has 1 spiro atoms. The minimum atomic E-state index is -1.63. The maximum absolute atomic E-state index is 11.2. The highest BCUT2D eigenvalue weighted by Crippen LogP contribution is 2.66. The lowest BCUT2D eigenvalue weighted by Gasteiger charge is -2.51. The monoisotopic (exact) mass is 360 g/mol. The number of nitrogens with zero attached hydrogens (tertiary/aromatic N) is 2. The number of hydrogen-bond acceptors (Lipinski definition) is 8. The van der Waals surface area contributed by atoms with Crippen LogP contribution in [0.5, 0.6) is 0 Å². The van der Waals surface area contributed by atoms with Gasteiger partial charge in [-0.15, -0.1) is 20.2 Å². The molecule has 6 atom stereocenters. The van der Waals surface area contributed by atoms with Gasteiger partial charge in [0.05, 0.1) is 5.60 Å². The zero-order valence-corrected chi connectivity index (χ0v) is 14.5. The molecule has 0 aromatic carbocycles. The summed E-state index contributed by atoms with van der Waals surface area (Å²) in [5.41, 5.74) is -2.39. The van der Waals surface area contributed by atoms with Gasteiger partial charge in [0, 0.05) is 18.3 Å². The van der Waals surface area contributed by atoms with Crippen LogP contribution in [0.4, 0.5) is 0 Å². The Kier molecular flexibility index (Phi) is 4.11. The van der Waals surface area contributed by atoms with Gasteiger partial charge in [-0.1, -0.05) is 20.8 Å². The lowest BCUT2D eigenvalue weighted by atomic mass is 9.72. The third kappa shape index (κ3) is 2.62. The van der Waals surface area contributed by atoms with E-state index in [4.69, 9.17) is 9.57 Å². The van der Waals surface area contributed by atoms with Crippen molar-refractivity contribution in [2.24, 2.45) is 23.7 Å². The Bertz CT molecular complexity index is 586. The molecule has 3 aliphatic rings. The second-order valence-electron chi connectivity index (χ2n) is 8.04. The predicted octanol–water partition coefficient (Wildman–Crippen LogP) is 1.71. The molecule has 1 saturated carbocycles. The van der Waals surface area contributed by atoms with Crippen molar-refractivity contribution in [3.05, 3.63) is 20.2 Å². The number of ether oxygens (including phenoxy) is 1. The summed E-state index contributed by atoms with van der Waals surface area (Å²) in [6.45, 7) is 5.30. The zero-order valence-electron chi connectivity index (χ0n) is 14.5. The SMILES string of the molecule is CC(C)C1CC23OC1(O)CC(CO[N+](=O)[O-])(O[N+](=O)[O-])C2CCC3C. The maximum atomic E-state index is 11.2. The van der Waals surface area contributed by atoms with E-state index >= 15 is 0 Å². The van der Waals surface area contributed by atoms with Crippen molar-refractivity contribution in [2.75, 3.05) is 6.61 Å². The molecule has 6 unspecified atom stereocenters. The molecule has 0 aromatic heterocycles. The first-order valence-electron chi connectivity index (χ1n) is 8.58. The molecule has 2 aliphatic heterocycles. The van der Waals surface area contributed by atoms with Crippen LogP contribution >= 0.6 is 0 Å². The topological polar surface area (TPSA) is 134 Å². The van der Waals surface area contributed by atoms with Crippen molar-refractivity contribution in [1.29, 1.82) is 0 Å². The van der Waals surface area contributed by atoms with Crippen molar-refractivity contribution in [3.63, 3.8) is 0 Å². The summed E-state index contributed by atoms with van der Waals surface area (Å²) in [6, 6.07) is 0. The van der Waals surface area contributed by atoms with E-state index < -0.39 is 39.7 Å². The minimum Gasteiger partial charge on any atom is -0.365 e. The summed E-state index contributed by atoms with van der Waals surface area (Å²) in [5, 5.41) is 31.1. The molecule has 3 rings (SSSR count). The van der Waals surface area contributed by atoms with E-state index in [0.29, 0.717) is 12.8 Å². The Labute approximate surface area is 144 Å². The molecular weight excluding hydrogens is 336 g/mol. The van der Waals surface area contributed by atoms with Gasteiger partial charge in [-0.05, 0) is 31.1 Å². The van der Waals surface area contributed by atoms with Gasteiger partial charge in [0.2, 0.25) is 0 Å². The van der Waals surface area contributed by atoms with E-state index in [2.05, 4.69) is 4.84 Å². The molecule has 1 aliphatic carbocycles. The van der Waals surface area contributed by atoms with E-state index in [-0.39, 0.29) is 24.2 Å². The van der Waals surface area contributed by atoms with E-state index in [0.717, 1.165) is 6.42 Å². The summed E-state index contributed by atoms with van der Waals surface area (Å²) in [7, 11) is 0. The summed E-state index contributed by atoms with van der Waals surface area (Å²) in [4.78, 5) is 31.4. The molecule has 10 heteroatoms. The second-order valence-corrected chi connectivity index (χ2v) is 8.04. The van der Waals surface area contributed by atoms with Crippen molar-refractivity contribution < 1.29 is 29.7 Å². The first-order chi connectivity index (χ1) is 11.5. The van der Waals surface area contributed by atoms with Crippen LogP contribution in [0.25, 0.3) is 0 Å². The molecule has 25 heavy (non-hydrogen) atoms. The van der Waals surface area contributed by atoms with Gasteiger partial charge in [-0.2, -0.15) is 0 Å². The third-order valence-electron chi connectivity index (χ3n) is 6.46. The van der Waals surface area contributed by atoms with Crippen LogP contribution in [0.15, 0.2) is 0 Å². The van der Waals surface area contributed by atoms with Gasteiger partial charge in [-0.25, -0.2) is 0 Å². The van der Waals surface area contributed by atoms with Gasteiger partial charge < -0.3 is 19.5 Å². The van der Waals surface area contributed by atoms with Crippen molar-refractivity contribution >= 4 is 0 Å². The van der Waals surface area contributed by atoms with Crippen LogP contribution in [0, 0.1) is 43.9 Å². The zero-order chi connectivity index (χ0) is 18.6. The fourth-order valence-corrected chi connectivity index (χ4v) is 5.48. The number of aliphatic hydroxyl groups is 1. The van der Waals surface area contributed by atoms with Crippen molar-refractivity contribution in [2.45, 2.75) is 63.4 Å². The molecule has 0 aromatic rings. The van der Waals surface area contributed by atoms with Crippen molar-refractivity contribution in [1.82, 2.24) is 0 Å². The molecule has 1 N–H and O–H groups in total. The third-order valence-corrected chi connectivity index (χ3v) is 6.46. The summed E-state index contributed by atoms with van der Waals surface area (Å²) >= 11 is 0. The summed E-state index contributed by atoms with van der Waals surface area (Å²) < 4.78 is 6.15. The van der Waals surface area contributed by atoms with E-state index in [9.17, 15) is 25.3 Å². The molecule has 10 nitrogen and oxygen atoms in total. The van der Waals surface area contributed by atoms with Gasteiger partial charge in [0.15, 0.2) is 11.4 Å². The predicted molar refractivity (Wildman–Crippen MR) is 82.0 cm³/mol. The van der Waals surface area contributed by atoms with Crippen LogP contribution in [0.2, 0.25) is 0 Å². The lowest BCUT2D eigenvalue weighted by Crippen LogP contribution is -2.63. The highest BCUT2D eigenvalue weighted by Gasteiger charge is 2.74. The first kappa shape index (κ1) is 18.1. The Morgan fingerprint density at radius 2 is 1.96 bits per heavy atom. The van der Waals surface area contributed by atoms with Crippen molar-refractivity contribution in [3.8, 4) is 0 Å². The van der Waals surface area contributed by atoms with Crippen LogP contribution in [0.1, 0.15) is 46.5 Å². The maximum Gasteiger partial charge on any atom is 0.295 e. The van der Waals surface area contributed by atoms with Crippen LogP contribution in [-0.4, -0.2) is 38.9 Å². The smallest absolute Gasteiger partial charge is 0.295 e. The molecular formula is C15H24N2O8. The average Bonchev–Trinajstić information content (AvgIpc) is 2.93. The Hall–Kier alpha value is -1.68. The summed E-state index contributed by atoms with van der Waals surface area (Å²) in [6.07, 6.45) is 1.63. The quantitative estimate of drug-likeness (QED) is 0.559. The normalized spacial score (nSPS) is 45.2. The standard InChI is InChI=1S/C15H24N2O8/c1-9(2)11-6-14-10(3)4-5-12(14)13(25-17(21)22,8-23-16(19)20)7-15(11,18)24-14/h9-12,18H,4-8H2,1-3H3. The highest BCUT2D eigenvalue weighted by atomic mass is 17.0. The number of hydrogen-bond donors (Lipinski definition) is 1. The van der Waals surface area contributed by atoms with E-state index in [1.165, 1.54) is 0 Å². The highest BCUT2D eigenvalue weighted by molar-refractivity contribution is 5.18. The molecule has 0 amide bonds. The first-order valence-corrected chi connectivity index (χ1v) is 8.58. The van der Waals surface area contributed by atoms with Gasteiger partial charge in [0.25, 0.3) is 10.2 Å². The Morgan fingerprint density at radius 3 is 2.52 bits per heavy atom. The lowest BCUT2D eigenvalue weighted by molar-refractivity contribution is -0.807. The molecule has 0 radical (unpaired) electrons. The van der Waals surface area contributed by atoms with Gasteiger partial charge in [0.1, 0.15) is 6.61 Å². The molecule has 142 valence electrons.